The van der Waals surface area contributed by atoms with Gasteiger partial charge in [-0.05, 0) is 31.1 Å². The standard InChI is InChI=1S/C14H24N4/c1-2-5-18-8-11(6-16-18)7-17-9-12-3-4-14(15)13(12)10-17/h6,8,12-14H,2-5,7,9-10,15H2,1H3. The topological polar surface area (TPSA) is 47.1 Å². The van der Waals surface area contributed by atoms with E-state index in [-0.39, 0.29) is 0 Å². The summed E-state index contributed by atoms with van der Waals surface area (Å²) in [7, 11) is 0. The molecule has 2 aliphatic rings. The molecule has 0 spiro atoms. The Labute approximate surface area is 109 Å². The Kier molecular flexibility index (Phi) is 3.39. The summed E-state index contributed by atoms with van der Waals surface area (Å²) in [5.74, 6) is 1.60. The van der Waals surface area contributed by atoms with E-state index in [2.05, 4.69) is 27.8 Å². The van der Waals surface area contributed by atoms with Crippen molar-refractivity contribution in [3.63, 3.8) is 0 Å². The van der Waals surface area contributed by atoms with Crippen molar-refractivity contribution in [3.05, 3.63) is 18.0 Å². The largest absolute Gasteiger partial charge is 0.327 e. The van der Waals surface area contributed by atoms with Gasteiger partial charge in [-0.3, -0.25) is 9.58 Å². The predicted molar refractivity (Wildman–Crippen MR) is 72.0 cm³/mol. The predicted octanol–water partition coefficient (Wildman–Crippen LogP) is 1.46. The van der Waals surface area contributed by atoms with Crippen LogP contribution < -0.4 is 5.73 Å². The Morgan fingerprint density at radius 2 is 2.28 bits per heavy atom. The lowest BCUT2D eigenvalue weighted by molar-refractivity contribution is 0.298. The molecule has 0 aromatic carbocycles. The molecule has 1 saturated carbocycles. The van der Waals surface area contributed by atoms with Crippen LogP contribution in [0.1, 0.15) is 31.7 Å². The van der Waals surface area contributed by atoms with Crippen LogP contribution in [0.25, 0.3) is 0 Å². The van der Waals surface area contributed by atoms with Gasteiger partial charge in [-0.25, -0.2) is 0 Å². The van der Waals surface area contributed by atoms with Crippen molar-refractivity contribution in [2.24, 2.45) is 17.6 Å². The molecule has 1 aromatic heterocycles. The Bertz CT molecular complexity index is 400. The Balaban J connectivity index is 1.57. The highest BCUT2D eigenvalue weighted by Crippen LogP contribution is 2.37. The van der Waals surface area contributed by atoms with E-state index in [0.29, 0.717) is 6.04 Å². The van der Waals surface area contributed by atoms with Crippen LogP contribution in [0.4, 0.5) is 0 Å². The van der Waals surface area contributed by atoms with Crippen molar-refractivity contribution in [3.8, 4) is 0 Å². The van der Waals surface area contributed by atoms with Crippen LogP contribution in [0.5, 0.6) is 0 Å². The lowest BCUT2D eigenvalue weighted by atomic mass is 9.98. The van der Waals surface area contributed by atoms with Crippen molar-refractivity contribution in [2.45, 2.75) is 45.3 Å². The minimum absolute atomic E-state index is 0.447. The van der Waals surface area contributed by atoms with E-state index in [1.165, 1.54) is 31.5 Å². The van der Waals surface area contributed by atoms with E-state index in [0.717, 1.165) is 31.3 Å². The van der Waals surface area contributed by atoms with Gasteiger partial charge in [0.1, 0.15) is 0 Å². The highest BCUT2D eigenvalue weighted by Gasteiger charge is 2.40. The molecule has 3 unspecified atom stereocenters. The first kappa shape index (κ1) is 12.2. The number of nitrogens with two attached hydrogens (primary N) is 1. The van der Waals surface area contributed by atoms with Crippen LogP contribution in [0.3, 0.4) is 0 Å². The summed E-state index contributed by atoms with van der Waals surface area (Å²) in [6.45, 7) is 6.67. The highest BCUT2D eigenvalue weighted by molar-refractivity contribution is 5.05. The van der Waals surface area contributed by atoms with Gasteiger partial charge in [-0.15, -0.1) is 0 Å². The Hall–Kier alpha value is -0.870. The third kappa shape index (κ3) is 2.31. The molecule has 3 rings (SSSR count). The summed E-state index contributed by atoms with van der Waals surface area (Å²) in [5, 5.41) is 4.40. The summed E-state index contributed by atoms with van der Waals surface area (Å²) in [5.41, 5.74) is 7.52. The number of aryl methyl sites for hydroxylation is 1. The minimum atomic E-state index is 0.447. The van der Waals surface area contributed by atoms with Gasteiger partial charge < -0.3 is 5.73 Å². The van der Waals surface area contributed by atoms with E-state index in [9.17, 15) is 0 Å². The van der Waals surface area contributed by atoms with E-state index in [1.807, 2.05) is 6.20 Å². The first-order valence-electron chi connectivity index (χ1n) is 7.25. The van der Waals surface area contributed by atoms with Crippen LogP contribution in [-0.2, 0) is 13.1 Å². The van der Waals surface area contributed by atoms with Gasteiger partial charge in [0.25, 0.3) is 0 Å². The van der Waals surface area contributed by atoms with Crippen LogP contribution in [0.15, 0.2) is 12.4 Å². The number of fused-ring (bicyclic) bond motifs is 1. The molecule has 4 heteroatoms. The second-order valence-electron chi connectivity index (χ2n) is 5.97. The minimum Gasteiger partial charge on any atom is -0.327 e. The molecule has 4 nitrogen and oxygen atoms in total. The van der Waals surface area contributed by atoms with E-state index < -0.39 is 0 Å². The molecule has 2 heterocycles. The molecular formula is C14H24N4. The number of likely N-dealkylation sites (tertiary alicyclic amines) is 1. The molecule has 1 aromatic rings. The molecule has 1 aliphatic carbocycles. The summed E-state index contributed by atoms with van der Waals surface area (Å²) in [6, 6.07) is 0.447. The zero-order chi connectivity index (χ0) is 12.5. The van der Waals surface area contributed by atoms with Crippen molar-refractivity contribution in [1.82, 2.24) is 14.7 Å². The number of nitrogens with zero attached hydrogens (tertiary/aromatic N) is 3. The zero-order valence-electron chi connectivity index (χ0n) is 11.3. The summed E-state index contributed by atoms with van der Waals surface area (Å²) < 4.78 is 2.05. The number of hydrogen-bond acceptors (Lipinski definition) is 3. The lowest BCUT2D eigenvalue weighted by Gasteiger charge is -2.17. The molecule has 0 amide bonds. The quantitative estimate of drug-likeness (QED) is 0.877. The summed E-state index contributed by atoms with van der Waals surface area (Å²) >= 11 is 0. The molecule has 1 aliphatic heterocycles. The van der Waals surface area contributed by atoms with Gasteiger partial charge in [0.15, 0.2) is 0 Å². The van der Waals surface area contributed by atoms with Gasteiger partial charge in [0, 0.05) is 44.0 Å². The van der Waals surface area contributed by atoms with Crippen molar-refractivity contribution in [2.75, 3.05) is 13.1 Å². The maximum Gasteiger partial charge on any atom is 0.0534 e. The molecule has 3 atom stereocenters. The third-order valence-corrected chi connectivity index (χ3v) is 4.53. The van der Waals surface area contributed by atoms with Crippen molar-refractivity contribution >= 4 is 0 Å². The fourth-order valence-corrected chi connectivity index (χ4v) is 3.63. The van der Waals surface area contributed by atoms with Crippen molar-refractivity contribution in [1.29, 1.82) is 0 Å². The Morgan fingerprint density at radius 3 is 3.06 bits per heavy atom. The average Bonchev–Trinajstić information content (AvgIpc) is 3.00. The normalized spacial score (nSPS) is 32.0. The van der Waals surface area contributed by atoms with Crippen molar-refractivity contribution < 1.29 is 0 Å². The van der Waals surface area contributed by atoms with E-state index >= 15 is 0 Å². The zero-order valence-corrected chi connectivity index (χ0v) is 11.3. The first-order chi connectivity index (χ1) is 8.76. The summed E-state index contributed by atoms with van der Waals surface area (Å²) in [4.78, 5) is 2.56. The van der Waals surface area contributed by atoms with Gasteiger partial charge >= 0.3 is 0 Å². The Morgan fingerprint density at radius 1 is 1.39 bits per heavy atom. The second kappa shape index (κ2) is 5.02. The van der Waals surface area contributed by atoms with E-state index in [4.69, 9.17) is 5.73 Å². The average molecular weight is 248 g/mol. The lowest BCUT2D eigenvalue weighted by Crippen LogP contribution is -2.30. The number of hydrogen-bond donors (Lipinski definition) is 1. The molecule has 2 N–H and O–H groups in total. The highest BCUT2D eigenvalue weighted by atomic mass is 15.3. The van der Waals surface area contributed by atoms with Gasteiger partial charge in [-0.2, -0.15) is 5.10 Å². The SMILES string of the molecule is CCCn1cc(CN2CC3CCC(N)C3C2)cn1. The van der Waals surface area contributed by atoms with Gasteiger partial charge in [0.2, 0.25) is 0 Å². The van der Waals surface area contributed by atoms with E-state index in [1.54, 1.807) is 0 Å². The number of aromatic nitrogens is 2. The van der Waals surface area contributed by atoms with Crippen LogP contribution in [0, 0.1) is 11.8 Å². The van der Waals surface area contributed by atoms with Gasteiger partial charge in [0.05, 0.1) is 6.20 Å². The fraction of sp³-hybridized carbons (Fsp3) is 0.786. The molecule has 2 fully saturated rings. The maximum absolute atomic E-state index is 6.18. The second-order valence-corrected chi connectivity index (χ2v) is 5.97. The monoisotopic (exact) mass is 248 g/mol. The van der Waals surface area contributed by atoms with Crippen LogP contribution >= 0.6 is 0 Å². The molecule has 0 bridgehead atoms. The van der Waals surface area contributed by atoms with Gasteiger partial charge in [-0.1, -0.05) is 6.92 Å². The maximum atomic E-state index is 6.18. The third-order valence-electron chi connectivity index (χ3n) is 4.53. The number of rotatable bonds is 4. The molecule has 0 radical (unpaired) electrons. The fourth-order valence-electron chi connectivity index (χ4n) is 3.63. The first-order valence-corrected chi connectivity index (χ1v) is 7.25. The van der Waals surface area contributed by atoms with Crippen LogP contribution in [-0.4, -0.2) is 33.8 Å². The molecule has 18 heavy (non-hydrogen) atoms. The smallest absolute Gasteiger partial charge is 0.0534 e. The molecular weight excluding hydrogens is 224 g/mol. The molecule has 100 valence electrons. The van der Waals surface area contributed by atoms with Crippen LogP contribution in [0.2, 0.25) is 0 Å². The molecule has 1 saturated heterocycles. The summed E-state index contributed by atoms with van der Waals surface area (Å²) in [6.07, 6.45) is 7.92.